The molecule has 1 fully saturated rings. The maximum atomic E-state index is 12.3. The number of amides is 1. The number of nitrogens with one attached hydrogen (secondary N) is 2. The molecular weight excluding hydrogens is 326 g/mol. The number of hydrogen-bond donors (Lipinski definition) is 2. The lowest BCUT2D eigenvalue weighted by molar-refractivity contribution is -0.120. The summed E-state index contributed by atoms with van der Waals surface area (Å²) >= 11 is 0. The van der Waals surface area contributed by atoms with E-state index >= 15 is 0 Å². The molecule has 3 rings (SSSR count). The topological polar surface area (TPSA) is 88.2 Å². The second-order valence-electron chi connectivity index (χ2n) is 6.17. The summed E-state index contributed by atoms with van der Waals surface area (Å²) in [7, 11) is -3.72. The van der Waals surface area contributed by atoms with Crippen LogP contribution in [0.15, 0.2) is 36.5 Å². The average Bonchev–Trinajstić information content (AvgIpc) is 2.55. The largest absolute Gasteiger partial charge is 0.317 e. The molecule has 0 atom stereocenters. The zero-order valence-corrected chi connectivity index (χ0v) is 14.2. The monoisotopic (exact) mass is 347 g/mol. The van der Waals surface area contributed by atoms with Gasteiger partial charge in [-0.25, -0.2) is 8.42 Å². The highest BCUT2D eigenvalue weighted by Crippen LogP contribution is 2.19. The van der Waals surface area contributed by atoms with Gasteiger partial charge >= 0.3 is 0 Å². The molecule has 24 heavy (non-hydrogen) atoms. The van der Waals surface area contributed by atoms with Crippen molar-refractivity contribution in [2.24, 2.45) is 5.92 Å². The first-order chi connectivity index (χ1) is 11.5. The van der Waals surface area contributed by atoms with Crippen LogP contribution < -0.4 is 10.0 Å². The molecule has 6 nitrogen and oxygen atoms in total. The summed E-state index contributed by atoms with van der Waals surface area (Å²) in [6.07, 6.45) is 3.74. The number of benzene rings is 1. The van der Waals surface area contributed by atoms with Crippen molar-refractivity contribution in [3.8, 4) is 0 Å². The summed E-state index contributed by atoms with van der Waals surface area (Å²) in [6, 6.07) is 8.97. The molecule has 7 heteroatoms. The number of aromatic nitrogens is 1. The zero-order chi connectivity index (χ0) is 17.0. The molecule has 2 heterocycles. The summed E-state index contributed by atoms with van der Waals surface area (Å²) in [6.45, 7) is 1.77. The molecule has 1 amide bonds. The van der Waals surface area contributed by atoms with Gasteiger partial charge in [-0.05, 0) is 49.5 Å². The van der Waals surface area contributed by atoms with Crippen molar-refractivity contribution < 1.29 is 13.2 Å². The fraction of sp³-hybridized carbons (Fsp3) is 0.412. The second-order valence-corrected chi connectivity index (χ2v) is 7.89. The van der Waals surface area contributed by atoms with E-state index in [9.17, 15) is 13.2 Å². The molecule has 1 aliphatic heterocycles. The molecule has 2 N–H and O–H groups in total. The standard InChI is InChI=1S/C17H21N3O3S/c21-17(11-13-6-9-18-10-7-13)20-24(22,23)12-14-3-1-5-16-15(14)4-2-8-19-16/h1-5,8,13,18H,6-7,9-12H2,(H,20,21). The highest BCUT2D eigenvalue weighted by atomic mass is 32.2. The predicted octanol–water partition coefficient (Wildman–Crippen LogP) is 1.57. The third-order valence-corrected chi connectivity index (χ3v) is 5.51. The van der Waals surface area contributed by atoms with Gasteiger partial charge in [0.1, 0.15) is 0 Å². The van der Waals surface area contributed by atoms with Crippen LogP contribution in [0.4, 0.5) is 0 Å². The Balaban J connectivity index is 1.67. The van der Waals surface area contributed by atoms with Gasteiger partial charge in [-0.2, -0.15) is 0 Å². The van der Waals surface area contributed by atoms with E-state index in [0.29, 0.717) is 5.56 Å². The Bertz CT molecular complexity index is 825. The molecule has 1 saturated heterocycles. The van der Waals surface area contributed by atoms with Gasteiger partial charge in [-0.15, -0.1) is 0 Å². The van der Waals surface area contributed by atoms with Crippen LogP contribution in [0, 0.1) is 5.92 Å². The highest BCUT2D eigenvalue weighted by Gasteiger charge is 2.21. The van der Waals surface area contributed by atoms with Crippen molar-refractivity contribution in [3.63, 3.8) is 0 Å². The Morgan fingerprint density at radius 2 is 2.00 bits per heavy atom. The molecule has 0 radical (unpaired) electrons. The molecule has 1 aliphatic rings. The fourth-order valence-electron chi connectivity index (χ4n) is 3.10. The summed E-state index contributed by atoms with van der Waals surface area (Å²) in [5.74, 6) is -0.392. The SMILES string of the molecule is O=C(CC1CCNCC1)NS(=O)(=O)Cc1cccc2ncccc12. The van der Waals surface area contributed by atoms with Crippen LogP contribution in [0.5, 0.6) is 0 Å². The third-order valence-electron chi connectivity index (χ3n) is 4.28. The minimum absolute atomic E-state index is 0.228. The zero-order valence-electron chi connectivity index (χ0n) is 13.4. The number of nitrogens with zero attached hydrogens (tertiary/aromatic N) is 1. The van der Waals surface area contributed by atoms with E-state index in [1.165, 1.54) is 0 Å². The van der Waals surface area contributed by atoms with Crippen LogP contribution in [-0.4, -0.2) is 32.4 Å². The molecule has 1 aromatic heterocycles. The van der Waals surface area contributed by atoms with Crippen LogP contribution >= 0.6 is 0 Å². The Morgan fingerprint density at radius 1 is 1.21 bits per heavy atom. The smallest absolute Gasteiger partial charge is 0.239 e. The molecule has 0 saturated carbocycles. The van der Waals surface area contributed by atoms with Crippen molar-refractivity contribution in [2.75, 3.05) is 13.1 Å². The van der Waals surface area contributed by atoms with Crippen molar-refractivity contribution in [1.29, 1.82) is 0 Å². The van der Waals surface area contributed by atoms with Gasteiger partial charge in [0.15, 0.2) is 0 Å². The summed E-state index contributed by atoms with van der Waals surface area (Å²) in [5.41, 5.74) is 1.38. The highest BCUT2D eigenvalue weighted by molar-refractivity contribution is 7.89. The molecule has 1 aromatic carbocycles. The van der Waals surface area contributed by atoms with Gasteiger partial charge in [-0.3, -0.25) is 14.5 Å². The van der Waals surface area contributed by atoms with Crippen molar-refractivity contribution in [3.05, 3.63) is 42.1 Å². The lowest BCUT2D eigenvalue weighted by Crippen LogP contribution is -2.35. The lowest BCUT2D eigenvalue weighted by Gasteiger charge is -2.21. The van der Waals surface area contributed by atoms with Crippen LogP contribution in [0.1, 0.15) is 24.8 Å². The van der Waals surface area contributed by atoms with Gasteiger partial charge in [0, 0.05) is 18.0 Å². The number of hydrogen-bond acceptors (Lipinski definition) is 5. The van der Waals surface area contributed by atoms with Crippen LogP contribution in [0.25, 0.3) is 10.9 Å². The lowest BCUT2D eigenvalue weighted by atomic mass is 9.94. The Kier molecular flexibility index (Phi) is 5.11. The maximum absolute atomic E-state index is 12.3. The predicted molar refractivity (Wildman–Crippen MR) is 92.7 cm³/mol. The number of piperidine rings is 1. The average molecular weight is 347 g/mol. The van der Waals surface area contributed by atoms with E-state index in [-0.39, 0.29) is 18.1 Å². The second kappa shape index (κ2) is 7.27. The number of sulfonamides is 1. The van der Waals surface area contributed by atoms with Crippen molar-refractivity contribution in [1.82, 2.24) is 15.0 Å². The fourth-order valence-corrected chi connectivity index (χ4v) is 4.26. The summed E-state index contributed by atoms with van der Waals surface area (Å²) in [4.78, 5) is 16.3. The van der Waals surface area contributed by atoms with E-state index in [1.807, 2.05) is 12.1 Å². The van der Waals surface area contributed by atoms with Gasteiger partial charge < -0.3 is 5.32 Å². The minimum atomic E-state index is -3.72. The van der Waals surface area contributed by atoms with Crippen LogP contribution in [-0.2, 0) is 20.6 Å². The van der Waals surface area contributed by atoms with E-state index in [1.54, 1.807) is 24.4 Å². The molecule has 0 unspecified atom stereocenters. The minimum Gasteiger partial charge on any atom is -0.317 e. The Morgan fingerprint density at radius 3 is 2.79 bits per heavy atom. The number of rotatable bonds is 5. The normalized spacial score (nSPS) is 16.2. The number of fused-ring (bicyclic) bond motifs is 1. The Labute approximate surface area is 141 Å². The van der Waals surface area contributed by atoms with Crippen molar-refractivity contribution >= 4 is 26.8 Å². The van der Waals surface area contributed by atoms with E-state index in [4.69, 9.17) is 0 Å². The van der Waals surface area contributed by atoms with Crippen LogP contribution in [0.2, 0.25) is 0 Å². The molecule has 2 aromatic rings. The third kappa shape index (κ3) is 4.30. The van der Waals surface area contributed by atoms with E-state index < -0.39 is 15.9 Å². The maximum Gasteiger partial charge on any atom is 0.239 e. The summed E-state index contributed by atoms with van der Waals surface area (Å²) in [5, 5.41) is 4.02. The number of carbonyl (C=O) groups excluding carboxylic acids is 1. The first-order valence-electron chi connectivity index (χ1n) is 8.10. The van der Waals surface area contributed by atoms with Crippen molar-refractivity contribution in [2.45, 2.75) is 25.0 Å². The van der Waals surface area contributed by atoms with E-state index in [0.717, 1.165) is 36.8 Å². The number of pyridine rings is 1. The van der Waals surface area contributed by atoms with Gasteiger partial charge in [0.2, 0.25) is 15.9 Å². The van der Waals surface area contributed by atoms with E-state index in [2.05, 4.69) is 15.0 Å². The quantitative estimate of drug-likeness (QED) is 0.857. The molecule has 0 aliphatic carbocycles. The van der Waals surface area contributed by atoms with Crippen LogP contribution in [0.3, 0.4) is 0 Å². The molecular formula is C17H21N3O3S. The van der Waals surface area contributed by atoms with Gasteiger partial charge in [-0.1, -0.05) is 18.2 Å². The molecule has 0 bridgehead atoms. The van der Waals surface area contributed by atoms with Gasteiger partial charge in [0.25, 0.3) is 0 Å². The first kappa shape index (κ1) is 16.9. The molecule has 128 valence electrons. The number of carbonyl (C=O) groups is 1. The Hall–Kier alpha value is -1.99. The van der Waals surface area contributed by atoms with Gasteiger partial charge in [0.05, 0.1) is 11.3 Å². The molecule has 0 spiro atoms. The first-order valence-corrected chi connectivity index (χ1v) is 9.75. The summed E-state index contributed by atoms with van der Waals surface area (Å²) < 4.78 is 26.9.